The van der Waals surface area contributed by atoms with Crippen molar-refractivity contribution in [3.8, 4) is 0 Å². The monoisotopic (exact) mass is 336 g/mol. The van der Waals surface area contributed by atoms with Gasteiger partial charge in [-0.25, -0.2) is 8.42 Å². The number of aryl methyl sites for hydroxylation is 1. The Labute approximate surface area is 138 Å². The van der Waals surface area contributed by atoms with Crippen molar-refractivity contribution in [2.24, 2.45) is 0 Å². The predicted octanol–water partition coefficient (Wildman–Crippen LogP) is 2.21. The van der Waals surface area contributed by atoms with Crippen LogP contribution in [0.3, 0.4) is 0 Å². The summed E-state index contributed by atoms with van der Waals surface area (Å²) in [5.41, 5.74) is 1.01. The summed E-state index contributed by atoms with van der Waals surface area (Å²) in [6.45, 7) is 2.34. The molecule has 23 heavy (non-hydrogen) atoms. The molecule has 1 saturated heterocycles. The van der Waals surface area contributed by atoms with Crippen LogP contribution in [0.5, 0.6) is 0 Å². The van der Waals surface area contributed by atoms with E-state index in [0.29, 0.717) is 13.0 Å². The lowest BCUT2D eigenvalue weighted by Crippen LogP contribution is -2.48. The molecule has 1 aromatic rings. The van der Waals surface area contributed by atoms with E-state index in [1.54, 1.807) is 24.3 Å². The summed E-state index contributed by atoms with van der Waals surface area (Å²) in [4.78, 5) is 12.8. The van der Waals surface area contributed by atoms with Gasteiger partial charge in [-0.15, -0.1) is 0 Å². The Morgan fingerprint density at radius 3 is 2.39 bits per heavy atom. The Bertz CT molecular complexity index is 664. The van der Waals surface area contributed by atoms with Gasteiger partial charge in [0.2, 0.25) is 15.9 Å². The third-order valence-corrected chi connectivity index (χ3v) is 6.76. The van der Waals surface area contributed by atoms with E-state index in [2.05, 4.69) is 5.32 Å². The number of carbonyl (C=O) groups excluding carboxylic acids is 1. The average Bonchev–Trinajstić information content (AvgIpc) is 3.19. The molecule has 1 saturated carbocycles. The maximum absolute atomic E-state index is 12.8. The second kappa shape index (κ2) is 6.61. The summed E-state index contributed by atoms with van der Waals surface area (Å²) >= 11 is 0. The van der Waals surface area contributed by atoms with Crippen molar-refractivity contribution in [1.29, 1.82) is 0 Å². The number of amides is 1. The van der Waals surface area contributed by atoms with Crippen LogP contribution in [0.4, 0.5) is 0 Å². The topological polar surface area (TPSA) is 66.5 Å². The quantitative estimate of drug-likeness (QED) is 0.917. The van der Waals surface area contributed by atoms with Crippen LogP contribution in [0.25, 0.3) is 0 Å². The van der Waals surface area contributed by atoms with Crippen LogP contribution in [0.1, 0.15) is 44.1 Å². The van der Waals surface area contributed by atoms with Gasteiger partial charge in [0, 0.05) is 12.6 Å². The first-order valence-electron chi connectivity index (χ1n) is 8.37. The molecule has 1 heterocycles. The van der Waals surface area contributed by atoms with Crippen LogP contribution in [0.2, 0.25) is 0 Å². The molecule has 0 aromatic heterocycles. The molecule has 2 aliphatic rings. The molecule has 1 aliphatic carbocycles. The molecule has 1 N–H and O–H groups in total. The van der Waals surface area contributed by atoms with Crippen molar-refractivity contribution in [1.82, 2.24) is 9.62 Å². The van der Waals surface area contributed by atoms with Crippen LogP contribution in [0.15, 0.2) is 29.2 Å². The maximum Gasteiger partial charge on any atom is 0.243 e. The third-order valence-electron chi connectivity index (χ3n) is 4.84. The van der Waals surface area contributed by atoms with E-state index in [9.17, 15) is 13.2 Å². The highest BCUT2D eigenvalue weighted by atomic mass is 32.2. The lowest BCUT2D eigenvalue weighted by atomic mass is 10.2. The zero-order valence-corrected chi connectivity index (χ0v) is 14.3. The molecule has 1 unspecified atom stereocenters. The minimum atomic E-state index is -3.61. The summed E-state index contributed by atoms with van der Waals surface area (Å²) in [6, 6.07) is 6.46. The summed E-state index contributed by atoms with van der Waals surface area (Å²) in [5, 5.41) is 3.04. The molecule has 1 atom stereocenters. The Morgan fingerprint density at radius 2 is 1.74 bits per heavy atom. The van der Waals surface area contributed by atoms with Crippen molar-refractivity contribution in [2.45, 2.75) is 62.4 Å². The highest BCUT2D eigenvalue weighted by Crippen LogP contribution is 2.27. The molecule has 6 heteroatoms. The van der Waals surface area contributed by atoms with Gasteiger partial charge in [-0.3, -0.25) is 4.79 Å². The SMILES string of the molecule is Cc1ccc(S(=O)(=O)N2CCCC2C(=O)NC2CCCC2)cc1. The van der Waals surface area contributed by atoms with Gasteiger partial charge in [-0.2, -0.15) is 4.31 Å². The highest BCUT2D eigenvalue weighted by molar-refractivity contribution is 7.89. The Balaban J connectivity index is 1.77. The number of rotatable bonds is 4. The van der Waals surface area contributed by atoms with Crippen molar-refractivity contribution in [3.63, 3.8) is 0 Å². The van der Waals surface area contributed by atoms with Crippen LogP contribution in [0, 0.1) is 6.92 Å². The molecule has 0 bridgehead atoms. The van der Waals surface area contributed by atoms with Crippen LogP contribution >= 0.6 is 0 Å². The standard InChI is InChI=1S/C17H24N2O3S/c1-13-8-10-15(11-9-13)23(21,22)19-12-4-7-16(19)17(20)18-14-5-2-3-6-14/h8-11,14,16H,2-7,12H2,1H3,(H,18,20). The first-order chi connectivity index (χ1) is 11.0. The van der Waals surface area contributed by atoms with E-state index in [4.69, 9.17) is 0 Å². The zero-order chi connectivity index (χ0) is 16.4. The van der Waals surface area contributed by atoms with Crippen molar-refractivity contribution in [3.05, 3.63) is 29.8 Å². The van der Waals surface area contributed by atoms with Crippen molar-refractivity contribution in [2.75, 3.05) is 6.54 Å². The Morgan fingerprint density at radius 1 is 1.09 bits per heavy atom. The molecular weight excluding hydrogens is 312 g/mol. The van der Waals surface area contributed by atoms with Gasteiger partial charge >= 0.3 is 0 Å². The number of benzene rings is 1. The van der Waals surface area contributed by atoms with Gasteiger partial charge < -0.3 is 5.32 Å². The molecular formula is C17H24N2O3S. The number of nitrogens with zero attached hydrogens (tertiary/aromatic N) is 1. The Kier molecular flexibility index (Phi) is 4.73. The fraction of sp³-hybridized carbons (Fsp3) is 0.588. The lowest BCUT2D eigenvalue weighted by molar-refractivity contribution is -0.124. The van der Waals surface area contributed by atoms with E-state index in [0.717, 1.165) is 37.7 Å². The number of sulfonamides is 1. The summed E-state index contributed by atoms with van der Waals surface area (Å²) in [7, 11) is -3.61. The molecule has 3 rings (SSSR count). The van der Waals surface area contributed by atoms with Crippen LogP contribution in [-0.4, -0.2) is 37.3 Å². The molecule has 0 radical (unpaired) electrons. The number of nitrogens with one attached hydrogen (secondary N) is 1. The number of hydrogen-bond acceptors (Lipinski definition) is 3. The van der Waals surface area contributed by atoms with E-state index in [-0.39, 0.29) is 16.8 Å². The Hall–Kier alpha value is -1.40. The fourth-order valence-electron chi connectivity index (χ4n) is 3.50. The second-order valence-electron chi connectivity index (χ2n) is 6.58. The summed E-state index contributed by atoms with van der Waals surface area (Å²) in [5.74, 6) is -0.134. The van der Waals surface area contributed by atoms with Gasteiger partial charge in [-0.1, -0.05) is 30.5 Å². The largest absolute Gasteiger partial charge is 0.352 e. The smallest absolute Gasteiger partial charge is 0.243 e. The molecule has 5 nitrogen and oxygen atoms in total. The van der Waals surface area contributed by atoms with Gasteiger partial charge in [0.05, 0.1) is 4.90 Å². The minimum Gasteiger partial charge on any atom is -0.352 e. The van der Waals surface area contributed by atoms with Crippen molar-refractivity contribution >= 4 is 15.9 Å². The minimum absolute atomic E-state index is 0.134. The fourth-order valence-corrected chi connectivity index (χ4v) is 5.16. The highest BCUT2D eigenvalue weighted by Gasteiger charge is 2.40. The molecule has 1 aromatic carbocycles. The van der Waals surface area contributed by atoms with Crippen LogP contribution in [-0.2, 0) is 14.8 Å². The van der Waals surface area contributed by atoms with Crippen LogP contribution < -0.4 is 5.32 Å². The molecule has 1 amide bonds. The maximum atomic E-state index is 12.8. The molecule has 1 aliphatic heterocycles. The lowest BCUT2D eigenvalue weighted by Gasteiger charge is -2.25. The van der Waals surface area contributed by atoms with Gasteiger partial charge in [0.15, 0.2) is 0 Å². The van der Waals surface area contributed by atoms with Gasteiger partial charge in [-0.05, 0) is 44.7 Å². The summed E-state index contributed by atoms with van der Waals surface area (Å²) in [6.07, 6.45) is 5.62. The van der Waals surface area contributed by atoms with E-state index < -0.39 is 16.1 Å². The number of hydrogen-bond donors (Lipinski definition) is 1. The van der Waals surface area contributed by atoms with E-state index >= 15 is 0 Å². The second-order valence-corrected chi connectivity index (χ2v) is 8.47. The number of carbonyl (C=O) groups is 1. The normalized spacial score (nSPS) is 23.3. The summed E-state index contributed by atoms with van der Waals surface area (Å²) < 4.78 is 27.1. The van der Waals surface area contributed by atoms with E-state index in [1.165, 1.54) is 4.31 Å². The average molecular weight is 336 g/mol. The van der Waals surface area contributed by atoms with Crippen molar-refractivity contribution < 1.29 is 13.2 Å². The van der Waals surface area contributed by atoms with E-state index in [1.807, 2.05) is 6.92 Å². The first-order valence-corrected chi connectivity index (χ1v) is 9.81. The zero-order valence-electron chi connectivity index (χ0n) is 13.5. The molecule has 126 valence electrons. The first kappa shape index (κ1) is 16.5. The van der Waals surface area contributed by atoms with Gasteiger partial charge in [0.1, 0.15) is 6.04 Å². The molecule has 0 spiro atoms. The molecule has 2 fully saturated rings. The van der Waals surface area contributed by atoms with Gasteiger partial charge in [0.25, 0.3) is 0 Å². The third kappa shape index (κ3) is 3.43. The predicted molar refractivity (Wildman–Crippen MR) is 88.5 cm³/mol.